The molecule has 6 N–H and O–H groups in total. The second-order valence-electron chi connectivity index (χ2n) is 16.3. The van der Waals surface area contributed by atoms with E-state index < -0.39 is 128 Å². The molecule has 1 unspecified atom stereocenters. The summed E-state index contributed by atoms with van der Waals surface area (Å²) in [6.07, 6.45) is 1.83. The van der Waals surface area contributed by atoms with E-state index in [4.69, 9.17) is 14.2 Å². The van der Waals surface area contributed by atoms with E-state index >= 15 is 0 Å². The molecule has 0 radical (unpaired) electrons. The maximum atomic E-state index is 13.5. The van der Waals surface area contributed by atoms with Gasteiger partial charge in [-0.15, -0.1) is 0 Å². The largest absolute Gasteiger partial charge is 0.479 e. The van der Waals surface area contributed by atoms with E-state index in [0.717, 1.165) is 29.9 Å². The minimum Gasteiger partial charge on any atom is -0.479 e. The second-order valence-corrected chi connectivity index (χ2v) is 16.3. The molecule has 3 atom stereocenters. The summed E-state index contributed by atoms with van der Waals surface area (Å²) in [5.41, 5.74) is -1.34. The van der Waals surface area contributed by atoms with Crippen molar-refractivity contribution in [3.05, 3.63) is 48.0 Å². The first-order chi connectivity index (χ1) is 28.5. The van der Waals surface area contributed by atoms with Crippen LogP contribution in [0, 0.1) is 5.92 Å². The highest BCUT2D eigenvalue weighted by Gasteiger charge is 2.40. The van der Waals surface area contributed by atoms with Crippen LogP contribution < -0.4 is 26.6 Å². The third-order valence-corrected chi connectivity index (χ3v) is 8.54. The Hall–Kier alpha value is -6.38. The molecule has 2 aliphatic rings. The standard InChI is InChI=1S/C40H55N7O14/c1-39(2,3)60-34(53)22-46(38(58)61-40(4,5)6)21-27(47-32(51)14-15-33(47)52)36(55)43-18-29(48)41-20-31(50)45-26(16-24-10-8-7-9-11-24)35(54)42-19-30(49)44-23-59-28(37(56)57)17-25-12-13-25/h7-11,14-15,25-28H,12-13,16-23H2,1-6H3,(H,41,48)(H,42,54)(H,43,55)(H,44,49)(H,45,50)(H,56,57)/t26-,27-,28?/m0/s1. The zero-order valence-corrected chi connectivity index (χ0v) is 35.1. The average Bonchev–Trinajstić information content (AvgIpc) is 3.93. The minimum absolute atomic E-state index is 0.00691. The van der Waals surface area contributed by atoms with Gasteiger partial charge in [0.25, 0.3) is 11.8 Å². The number of esters is 1. The molecule has 21 nitrogen and oxygen atoms in total. The highest BCUT2D eigenvalue weighted by atomic mass is 16.6. The van der Waals surface area contributed by atoms with Gasteiger partial charge in [-0.1, -0.05) is 43.2 Å². The van der Waals surface area contributed by atoms with Crippen LogP contribution in [0.5, 0.6) is 0 Å². The molecule has 0 saturated heterocycles. The number of rotatable bonds is 22. The number of carbonyl (C=O) groups is 10. The zero-order valence-electron chi connectivity index (χ0n) is 35.1. The lowest BCUT2D eigenvalue weighted by atomic mass is 10.1. The number of aliphatic carboxylic acids is 1. The van der Waals surface area contributed by atoms with Crippen LogP contribution in [0.2, 0.25) is 0 Å². The normalized spacial score (nSPS) is 15.1. The number of amides is 8. The molecule has 1 aromatic rings. The molecule has 3 rings (SSSR count). The van der Waals surface area contributed by atoms with E-state index in [9.17, 15) is 53.1 Å². The van der Waals surface area contributed by atoms with E-state index in [0.29, 0.717) is 16.9 Å². The van der Waals surface area contributed by atoms with Crippen LogP contribution in [0.1, 0.15) is 66.4 Å². The van der Waals surface area contributed by atoms with Gasteiger partial charge in [0, 0.05) is 18.6 Å². The second kappa shape index (κ2) is 22.3. The van der Waals surface area contributed by atoms with Gasteiger partial charge in [-0.3, -0.25) is 48.2 Å². The van der Waals surface area contributed by atoms with Gasteiger partial charge in [0.05, 0.1) is 26.2 Å². The lowest BCUT2D eigenvalue weighted by Gasteiger charge is -2.32. The van der Waals surface area contributed by atoms with Gasteiger partial charge in [0.2, 0.25) is 29.5 Å². The Labute approximate surface area is 352 Å². The number of nitrogens with zero attached hydrogens (tertiary/aromatic N) is 2. The van der Waals surface area contributed by atoms with Crippen molar-refractivity contribution in [3.8, 4) is 0 Å². The highest BCUT2D eigenvalue weighted by molar-refractivity contribution is 6.15. The first kappa shape index (κ1) is 49.0. The third-order valence-electron chi connectivity index (χ3n) is 8.54. The maximum Gasteiger partial charge on any atom is 0.410 e. The molecule has 334 valence electrons. The van der Waals surface area contributed by atoms with Gasteiger partial charge in [-0.2, -0.15) is 0 Å². The van der Waals surface area contributed by atoms with Gasteiger partial charge in [0.15, 0.2) is 6.10 Å². The van der Waals surface area contributed by atoms with Crippen molar-refractivity contribution in [2.75, 3.05) is 39.5 Å². The van der Waals surface area contributed by atoms with Crippen molar-refractivity contribution < 1.29 is 67.3 Å². The molecule has 1 heterocycles. The van der Waals surface area contributed by atoms with E-state index in [2.05, 4.69) is 26.6 Å². The van der Waals surface area contributed by atoms with Crippen molar-refractivity contribution in [3.63, 3.8) is 0 Å². The Morgan fingerprint density at radius 3 is 1.89 bits per heavy atom. The molecule has 1 aliphatic carbocycles. The van der Waals surface area contributed by atoms with E-state index in [1.807, 2.05) is 0 Å². The Morgan fingerprint density at radius 2 is 1.33 bits per heavy atom. The molecule has 1 aromatic carbocycles. The van der Waals surface area contributed by atoms with Crippen molar-refractivity contribution in [1.29, 1.82) is 0 Å². The summed E-state index contributed by atoms with van der Waals surface area (Å²) in [5.74, 6) is -7.77. The molecule has 1 aliphatic heterocycles. The first-order valence-corrected chi connectivity index (χ1v) is 19.5. The van der Waals surface area contributed by atoms with Crippen molar-refractivity contribution in [1.82, 2.24) is 36.4 Å². The molecular weight excluding hydrogens is 802 g/mol. The summed E-state index contributed by atoms with van der Waals surface area (Å²) in [7, 11) is 0. The molecular formula is C40H55N7O14. The lowest BCUT2D eigenvalue weighted by molar-refractivity contribution is -0.156. The van der Waals surface area contributed by atoms with Crippen molar-refractivity contribution in [2.24, 2.45) is 5.92 Å². The number of carboxylic acid groups (broad SMARTS) is 1. The smallest absolute Gasteiger partial charge is 0.410 e. The lowest BCUT2D eigenvalue weighted by Crippen LogP contribution is -2.57. The van der Waals surface area contributed by atoms with Crippen LogP contribution in [0.4, 0.5) is 4.79 Å². The van der Waals surface area contributed by atoms with Crippen LogP contribution in [0.15, 0.2) is 42.5 Å². The molecule has 0 aromatic heterocycles. The zero-order chi connectivity index (χ0) is 45.5. The SMILES string of the molecule is CC(C)(C)OC(=O)CN(C[C@@H](C(=O)NCC(=O)NCC(=O)N[C@@H](Cc1ccccc1)C(=O)NCC(=O)NCOC(CC1CC1)C(=O)O)N1C(=O)C=CC1=O)C(=O)OC(C)(C)C. The number of carboxylic acids is 1. The topological polar surface area (TPSA) is 285 Å². The van der Waals surface area contributed by atoms with Crippen LogP contribution >= 0.6 is 0 Å². The monoisotopic (exact) mass is 857 g/mol. The van der Waals surface area contributed by atoms with Crippen LogP contribution in [0.25, 0.3) is 0 Å². The fourth-order valence-electron chi connectivity index (χ4n) is 5.57. The van der Waals surface area contributed by atoms with Gasteiger partial charge in [-0.25, -0.2) is 9.59 Å². The van der Waals surface area contributed by atoms with Gasteiger partial charge < -0.3 is 45.9 Å². The molecule has 1 fully saturated rings. The Kier molecular flexibility index (Phi) is 17.9. The number of imide groups is 1. The highest BCUT2D eigenvalue weighted by Crippen LogP contribution is 2.34. The summed E-state index contributed by atoms with van der Waals surface area (Å²) in [4.78, 5) is 129. The Morgan fingerprint density at radius 1 is 0.770 bits per heavy atom. The van der Waals surface area contributed by atoms with Crippen molar-refractivity contribution in [2.45, 2.75) is 96.6 Å². The fourth-order valence-corrected chi connectivity index (χ4v) is 5.57. The Balaban J connectivity index is 1.60. The molecule has 61 heavy (non-hydrogen) atoms. The predicted molar refractivity (Wildman–Crippen MR) is 212 cm³/mol. The third kappa shape index (κ3) is 18.2. The summed E-state index contributed by atoms with van der Waals surface area (Å²) in [6.45, 7) is 5.66. The first-order valence-electron chi connectivity index (χ1n) is 19.5. The van der Waals surface area contributed by atoms with Crippen LogP contribution in [-0.4, -0.2) is 143 Å². The summed E-state index contributed by atoms with van der Waals surface area (Å²) < 4.78 is 16.0. The fraction of sp³-hybridized carbons (Fsp3) is 0.550. The molecule has 1 saturated carbocycles. The van der Waals surface area contributed by atoms with Crippen LogP contribution in [0.3, 0.4) is 0 Å². The number of hydrogen-bond acceptors (Lipinski definition) is 13. The van der Waals surface area contributed by atoms with Crippen molar-refractivity contribution >= 4 is 59.4 Å². The number of nitrogens with one attached hydrogen (secondary N) is 5. The average molecular weight is 858 g/mol. The number of ether oxygens (including phenoxy) is 3. The molecule has 8 amide bonds. The quantitative estimate of drug-likeness (QED) is 0.0477. The number of carbonyl (C=O) groups excluding carboxylic acids is 9. The molecule has 0 bridgehead atoms. The minimum atomic E-state index is -1.75. The molecule has 21 heteroatoms. The van der Waals surface area contributed by atoms with Gasteiger partial charge >= 0.3 is 18.0 Å². The van der Waals surface area contributed by atoms with Gasteiger partial charge in [-0.05, 0) is 59.4 Å². The number of hydrogen-bond donors (Lipinski definition) is 6. The summed E-state index contributed by atoms with van der Waals surface area (Å²) >= 11 is 0. The predicted octanol–water partition coefficient (Wildman–Crippen LogP) is -0.721. The molecule has 0 spiro atoms. The number of benzene rings is 1. The van der Waals surface area contributed by atoms with Crippen LogP contribution in [-0.2, 0) is 63.8 Å². The maximum absolute atomic E-state index is 13.5. The van der Waals surface area contributed by atoms with E-state index in [-0.39, 0.29) is 12.3 Å². The Bertz CT molecular complexity index is 1820. The summed E-state index contributed by atoms with van der Waals surface area (Å²) in [5, 5.41) is 21.2. The van der Waals surface area contributed by atoms with E-state index in [1.54, 1.807) is 71.9 Å². The summed E-state index contributed by atoms with van der Waals surface area (Å²) in [6, 6.07) is 5.63. The van der Waals surface area contributed by atoms with E-state index in [1.165, 1.54) is 0 Å². The van der Waals surface area contributed by atoms with Gasteiger partial charge in [0.1, 0.15) is 36.6 Å².